The van der Waals surface area contributed by atoms with Crippen molar-refractivity contribution in [2.45, 2.75) is 57.7 Å². The Bertz CT molecular complexity index is 842. The molecule has 1 aromatic carbocycles. The van der Waals surface area contributed by atoms with Crippen molar-refractivity contribution >= 4 is 5.91 Å². The molecule has 3 aliphatic rings. The molecule has 1 aliphatic heterocycles. The summed E-state index contributed by atoms with van der Waals surface area (Å²) in [7, 11) is 0. The van der Waals surface area contributed by atoms with Gasteiger partial charge in [0, 0.05) is 25.4 Å². The highest BCUT2D eigenvalue weighted by Gasteiger charge is 2.43. The molecule has 4 rings (SSSR count). The largest absolute Gasteiger partial charge is 0.392 e. The Labute approximate surface area is 191 Å². The summed E-state index contributed by atoms with van der Waals surface area (Å²) < 4.78 is 5.81. The van der Waals surface area contributed by atoms with Crippen LogP contribution in [0.1, 0.15) is 43.2 Å². The van der Waals surface area contributed by atoms with Crippen LogP contribution in [0.4, 0.5) is 0 Å². The highest BCUT2D eigenvalue weighted by Crippen LogP contribution is 2.47. The zero-order valence-electron chi connectivity index (χ0n) is 19.2. The second-order valence-electron chi connectivity index (χ2n) is 9.77. The third-order valence-corrected chi connectivity index (χ3v) is 7.24. The summed E-state index contributed by atoms with van der Waals surface area (Å²) in [5.74, 6) is 1.02. The second-order valence-corrected chi connectivity index (χ2v) is 9.77. The number of likely N-dealkylation sites (tertiary alicyclic amines) is 1. The SMILES string of the molecule is Cc1cccc(C[C@@H](O)/C=C/[C@@H]2[C@H]3CC(COCCC(=O)N4CCCC4)=C[C@H]3C[C@H]2O)c1. The van der Waals surface area contributed by atoms with Crippen LogP contribution in [0, 0.1) is 24.7 Å². The number of ether oxygens (including phenoxy) is 1. The van der Waals surface area contributed by atoms with Gasteiger partial charge in [0.2, 0.25) is 5.91 Å². The summed E-state index contributed by atoms with van der Waals surface area (Å²) in [6.07, 6.45) is 10.2. The molecule has 5 nitrogen and oxygen atoms in total. The van der Waals surface area contributed by atoms with Gasteiger partial charge in [-0.2, -0.15) is 0 Å². The molecule has 32 heavy (non-hydrogen) atoms. The Morgan fingerprint density at radius 3 is 2.91 bits per heavy atom. The van der Waals surface area contributed by atoms with E-state index in [1.807, 2.05) is 29.2 Å². The van der Waals surface area contributed by atoms with E-state index >= 15 is 0 Å². The molecule has 2 N–H and O–H groups in total. The van der Waals surface area contributed by atoms with Gasteiger partial charge in [-0.05, 0) is 55.6 Å². The van der Waals surface area contributed by atoms with Crippen LogP contribution >= 0.6 is 0 Å². The van der Waals surface area contributed by atoms with Crippen LogP contribution < -0.4 is 0 Å². The molecular formula is C27H37NO4. The maximum atomic E-state index is 12.1. The van der Waals surface area contributed by atoms with Crippen molar-refractivity contribution in [1.29, 1.82) is 0 Å². The van der Waals surface area contributed by atoms with Crippen molar-refractivity contribution in [3.63, 3.8) is 0 Å². The maximum absolute atomic E-state index is 12.1. The summed E-state index contributed by atoms with van der Waals surface area (Å²) >= 11 is 0. The third kappa shape index (κ3) is 5.89. The van der Waals surface area contributed by atoms with Crippen LogP contribution in [0.5, 0.6) is 0 Å². The van der Waals surface area contributed by atoms with E-state index in [0.717, 1.165) is 44.3 Å². The average molecular weight is 440 g/mol. The molecular weight excluding hydrogens is 402 g/mol. The van der Waals surface area contributed by atoms with Crippen molar-refractivity contribution in [2.24, 2.45) is 17.8 Å². The van der Waals surface area contributed by atoms with Crippen LogP contribution in [-0.2, 0) is 16.0 Å². The van der Waals surface area contributed by atoms with Crippen molar-refractivity contribution in [1.82, 2.24) is 4.90 Å². The summed E-state index contributed by atoms with van der Waals surface area (Å²) in [6, 6.07) is 8.21. The number of amides is 1. The zero-order valence-corrected chi connectivity index (χ0v) is 19.2. The van der Waals surface area contributed by atoms with Gasteiger partial charge in [-0.15, -0.1) is 0 Å². The highest BCUT2D eigenvalue weighted by atomic mass is 16.5. The fourth-order valence-electron chi connectivity index (χ4n) is 5.60. The molecule has 5 atom stereocenters. The average Bonchev–Trinajstić information content (AvgIpc) is 3.47. The van der Waals surface area contributed by atoms with Crippen molar-refractivity contribution in [2.75, 3.05) is 26.3 Å². The molecule has 0 aromatic heterocycles. The molecule has 2 fully saturated rings. The quantitative estimate of drug-likeness (QED) is 0.457. The van der Waals surface area contributed by atoms with Gasteiger partial charge in [0.15, 0.2) is 0 Å². The fraction of sp³-hybridized carbons (Fsp3) is 0.593. The fourth-order valence-corrected chi connectivity index (χ4v) is 5.60. The van der Waals surface area contributed by atoms with Crippen molar-refractivity contribution in [3.8, 4) is 0 Å². The van der Waals surface area contributed by atoms with Crippen LogP contribution in [0.2, 0.25) is 0 Å². The number of carbonyl (C=O) groups excluding carboxylic acids is 1. The van der Waals surface area contributed by atoms with Gasteiger partial charge < -0.3 is 19.8 Å². The first kappa shape index (κ1) is 23.2. The minimum Gasteiger partial charge on any atom is -0.392 e. The minimum atomic E-state index is -0.548. The van der Waals surface area contributed by atoms with Crippen molar-refractivity contribution in [3.05, 3.63) is 59.2 Å². The molecule has 5 heteroatoms. The number of aliphatic hydroxyl groups is 2. The number of nitrogens with zero attached hydrogens (tertiary/aromatic N) is 1. The second kappa shape index (κ2) is 10.8. The number of hydrogen-bond donors (Lipinski definition) is 2. The maximum Gasteiger partial charge on any atom is 0.224 e. The lowest BCUT2D eigenvalue weighted by Crippen LogP contribution is -2.28. The van der Waals surface area contributed by atoms with Gasteiger partial charge in [-0.25, -0.2) is 0 Å². The molecule has 0 bridgehead atoms. The summed E-state index contributed by atoms with van der Waals surface area (Å²) in [4.78, 5) is 14.1. The summed E-state index contributed by atoms with van der Waals surface area (Å²) in [6.45, 7) is 4.89. The third-order valence-electron chi connectivity index (χ3n) is 7.24. The van der Waals surface area contributed by atoms with E-state index in [0.29, 0.717) is 37.9 Å². The van der Waals surface area contributed by atoms with Crippen molar-refractivity contribution < 1.29 is 19.7 Å². The summed E-state index contributed by atoms with van der Waals surface area (Å²) in [5.41, 5.74) is 3.59. The van der Waals surface area contributed by atoms with E-state index in [1.165, 1.54) is 11.1 Å². The van der Waals surface area contributed by atoms with Gasteiger partial charge in [0.05, 0.1) is 31.8 Å². The number of fused-ring (bicyclic) bond motifs is 1. The van der Waals surface area contributed by atoms with E-state index in [-0.39, 0.29) is 17.9 Å². The van der Waals surface area contributed by atoms with Crippen LogP contribution in [0.3, 0.4) is 0 Å². The normalized spacial score (nSPS) is 28.3. The lowest BCUT2D eigenvalue weighted by atomic mass is 9.89. The number of benzene rings is 1. The number of aliphatic hydroxyl groups excluding tert-OH is 2. The first-order chi connectivity index (χ1) is 15.5. The van der Waals surface area contributed by atoms with E-state index in [2.05, 4.69) is 25.1 Å². The van der Waals surface area contributed by atoms with E-state index in [9.17, 15) is 15.0 Å². The van der Waals surface area contributed by atoms with E-state index < -0.39 is 6.10 Å². The Morgan fingerprint density at radius 1 is 1.31 bits per heavy atom. The molecule has 0 radical (unpaired) electrons. The Kier molecular flexibility index (Phi) is 7.82. The Balaban J connectivity index is 1.22. The lowest BCUT2D eigenvalue weighted by molar-refractivity contribution is -0.131. The van der Waals surface area contributed by atoms with Gasteiger partial charge in [0.25, 0.3) is 0 Å². The number of aryl methyl sites for hydroxylation is 1. The smallest absolute Gasteiger partial charge is 0.224 e. The lowest BCUT2D eigenvalue weighted by Gasteiger charge is -2.19. The molecule has 2 aliphatic carbocycles. The number of allylic oxidation sites excluding steroid dienone is 1. The van der Waals surface area contributed by atoms with Gasteiger partial charge in [-0.1, -0.05) is 48.1 Å². The first-order valence-corrected chi connectivity index (χ1v) is 12.1. The minimum absolute atomic E-state index is 0.0673. The predicted octanol–water partition coefficient (Wildman–Crippen LogP) is 3.43. The zero-order chi connectivity index (χ0) is 22.5. The Morgan fingerprint density at radius 2 is 2.12 bits per heavy atom. The van der Waals surface area contributed by atoms with Crippen LogP contribution in [-0.4, -0.2) is 59.5 Å². The van der Waals surface area contributed by atoms with Gasteiger partial charge in [0.1, 0.15) is 0 Å². The molecule has 1 heterocycles. The first-order valence-electron chi connectivity index (χ1n) is 12.1. The van der Waals surface area contributed by atoms with Crippen LogP contribution in [0.15, 0.2) is 48.1 Å². The van der Waals surface area contributed by atoms with Gasteiger partial charge >= 0.3 is 0 Å². The molecule has 1 aromatic rings. The van der Waals surface area contributed by atoms with Gasteiger partial charge in [-0.3, -0.25) is 4.79 Å². The topological polar surface area (TPSA) is 70.0 Å². The molecule has 0 unspecified atom stereocenters. The summed E-state index contributed by atoms with van der Waals surface area (Å²) in [5, 5.41) is 21.0. The molecule has 1 amide bonds. The van der Waals surface area contributed by atoms with Crippen LogP contribution in [0.25, 0.3) is 0 Å². The predicted molar refractivity (Wildman–Crippen MR) is 125 cm³/mol. The highest BCUT2D eigenvalue weighted by molar-refractivity contribution is 5.76. The van der Waals surface area contributed by atoms with E-state index in [1.54, 1.807) is 0 Å². The number of rotatable bonds is 9. The number of carbonyl (C=O) groups is 1. The molecule has 1 saturated heterocycles. The molecule has 0 spiro atoms. The molecule has 1 saturated carbocycles. The number of hydrogen-bond acceptors (Lipinski definition) is 4. The monoisotopic (exact) mass is 439 g/mol. The Hall–Kier alpha value is -1.95. The molecule has 174 valence electrons. The standard InChI is InChI=1S/C27H37NO4/c1-19-5-4-6-20(13-19)15-23(29)7-8-24-25-16-21(14-22(25)17-26(24)30)18-32-12-9-27(31)28-10-2-3-11-28/h4-8,13-14,22-26,29-30H,2-3,9-12,15-18H2,1H3/b8-7+/t22-,23-,24+,25-,26+/m0/s1. The van der Waals surface area contributed by atoms with E-state index in [4.69, 9.17) is 4.74 Å².